The Bertz CT molecular complexity index is 466. The molecule has 1 aromatic carbocycles. The Kier molecular flexibility index (Phi) is 6.20. The molecule has 7 nitrogen and oxygen atoms in total. The zero-order valence-corrected chi connectivity index (χ0v) is 11.0. The highest BCUT2D eigenvalue weighted by molar-refractivity contribution is 6.33. The zero-order chi connectivity index (χ0) is 14.3. The number of benzene rings is 1. The number of amides is 1. The minimum Gasteiger partial charge on any atom is -0.382 e. The lowest BCUT2D eigenvalue weighted by Crippen LogP contribution is -2.19. The highest BCUT2D eigenvalue weighted by atomic mass is 35.5. The van der Waals surface area contributed by atoms with Crippen LogP contribution >= 0.6 is 11.6 Å². The number of rotatable bonds is 7. The smallest absolute Gasteiger partial charge is 0.271 e. The highest BCUT2D eigenvalue weighted by Gasteiger charge is 2.11. The number of non-ortho nitro benzene ring substituents is 1. The van der Waals surface area contributed by atoms with E-state index in [2.05, 4.69) is 5.32 Å². The molecule has 0 atom stereocenters. The van der Waals surface area contributed by atoms with Gasteiger partial charge in [-0.05, 0) is 6.07 Å². The zero-order valence-electron chi connectivity index (χ0n) is 10.2. The topological polar surface area (TPSA) is 90.7 Å². The number of nitrogens with zero attached hydrogens (tertiary/aromatic N) is 1. The predicted octanol–water partition coefficient (Wildman–Crippen LogP) is 1.85. The number of anilines is 1. The fourth-order valence-electron chi connectivity index (χ4n) is 1.21. The van der Waals surface area contributed by atoms with E-state index < -0.39 is 10.8 Å². The molecule has 0 aliphatic rings. The summed E-state index contributed by atoms with van der Waals surface area (Å²) in [5.41, 5.74) is 0.159. The molecule has 0 bridgehead atoms. The van der Waals surface area contributed by atoms with E-state index >= 15 is 0 Å². The van der Waals surface area contributed by atoms with Gasteiger partial charge in [0.2, 0.25) is 5.91 Å². The fourth-order valence-corrected chi connectivity index (χ4v) is 1.43. The monoisotopic (exact) mass is 288 g/mol. The average molecular weight is 289 g/mol. The average Bonchev–Trinajstić information content (AvgIpc) is 2.37. The summed E-state index contributed by atoms with van der Waals surface area (Å²) in [5, 5.41) is 13.1. The lowest BCUT2D eigenvalue weighted by Gasteiger charge is -2.07. The first-order chi connectivity index (χ1) is 9.04. The van der Waals surface area contributed by atoms with Crippen molar-refractivity contribution in [3.63, 3.8) is 0 Å². The first kappa shape index (κ1) is 15.4. The van der Waals surface area contributed by atoms with Gasteiger partial charge in [0.1, 0.15) is 6.61 Å². The van der Waals surface area contributed by atoms with Crippen LogP contribution in [-0.2, 0) is 14.3 Å². The van der Waals surface area contributed by atoms with Crippen LogP contribution in [0.15, 0.2) is 18.2 Å². The third-order valence-corrected chi connectivity index (χ3v) is 2.42. The van der Waals surface area contributed by atoms with Crippen LogP contribution in [0.3, 0.4) is 0 Å². The number of halogens is 1. The molecule has 0 unspecified atom stereocenters. The molecule has 0 aromatic heterocycles. The summed E-state index contributed by atoms with van der Waals surface area (Å²) in [4.78, 5) is 21.4. The molecule has 1 N–H and O–H groups in total. The molecule has 0 spiro atoms. The van der Waals surface area contributed by atoms with Crippen molar-refractivity contribution in [2.24, 2.45) is 0 Å². The molecule has 0 fully saturated rings. The Labute approximate surface area is 114 Å². The number of hydrogen-bond donors (Lipinski definition) is 1. The number of carbonyl (C=O) groups excluding carboxylic acids is 1. The number of nitrogens with one attached hydrogen (secondary N) is 1. The van der Waals surface area contributed by atoms with Gasteiger partial charge in [-0.3, -0.25) is 14.9 Å². The summed E-state index contributed by atoms with van der Waals surface area (Å²) < 4.78 is 9.78. The van der Waals surface area contributed by atoms with Crippen LogP contribution in [0.2, 0.25) is 5.02 Å². The van der Waals surface area contributed by atoms with Gasteiger partial charge in [-0.15, -0.1) is 0 Å². The summed E-state index contributed by atoms with van der Waals surface area (Å²) in [6.45, 7) is 0.556. The van der Waals surface area contributed by atoms with Crippen molar-refractivity contribution < 1.29 is 19.2 Å². The second kappa shape index (κ2) is 7.67. The van der Waals surface area contributed by atoms with E-state index in [-0.39, 0.29) is 17.3 Å². The van der Waals surface area contributed by atoms with Gasteiger partial charge < -0.3 is 14.8 Å². The quantitative estimate of drug-likeness (QED) is 0.470. The van der Waals surface area contributed by atoms with E-state index in [1.807, 2.05) is 0 Å². The summed E-state index contributed by atoms with van der Waals surface area (Å²) >= 11 is 5.82. The van der Waals surface area contributed by atoms with Crippen LogP contribution < -0.4 is 5.32 Å². The lowest BCUT2D eigenvalue weighted by atomic mass is 10.3. The Morgan fingerprint density at radius 1 is 1.47 bits per heavy atom. The van der Waals surface area contributed by atoms with Gasteiger partial charge in [0.15, 0.2) is 0 Å². The molecule has 0 aliphatic carbocycles. The maximum absolute atomic E-state index is 11.5. The Morgan fingerprint density at radius 3 is 2.79 bits per heavy atom. The number of nitro groups is 1. The van der Waals surface area contributed by atoms with Gasteiger partial charge in [0.25, 0.3) is 5.69 Å². The first-order valence-corrected chi connectivity index (χ1v) is 5.73. The molecule has 0 aliphatic heterocycles. The van der Waals surface area contributed by atoms with Crippen molar-refractivity contribution in [3.05, 3.63) is 33.3 Å². The molecule has 19 heavy (non-hydrogen) atoms. The molecule has 0 radical (unpaired) electrons. The molecule has 8 heteroatoms. The summed E-state index contributed by atoms with van der Waals surface area (Å²) in [5.74, 6) is -0.396. The largest absolute Gasteiger partial charge is 0.382 e. The van der Waals surface area contributed by atoms with Gasteiger partial charge in [0, 0.05) is 19.2 Å². The van der Waals surface area contributed by atoms with Crippen LogP contribution in [0.5, 0.6) is 0 Å². The van der Waals surface area contributed by atoms with Crippen LogP contribution in [0.25, 0.3) is 0 Å². The van der Waals surface area contributed by atoms with Gasteiger partial charge >= 0.3 is 0 Å². The molecule has 104 valence electrons. The maximum Gasteiger partial charge on any atom is 0.271 e. The maximum atomic E-state index is 11.5. The third-order valence-electron chi connectivity index (χ3n) is 2.10. The van der Waals surface area contributed by atoms with Gasteiger partial charge in [-0.25, -0.2) is 0 Å². The van der Waals surface area contributed by atoms with Crippen LogP contribution in [-0.4, -0.2) is 37.8 Å². The molecular weight excluding hydrogens is 276 g/mol. The van der Waals surface area contributed by atoms with Crippen molar-refractivity contribution in [3.8, 4) is 0 Å². The molecule has 1 amide bonds. The number of ether oxygens (including phenoxy) is 2. The highest BCUT2D eigenvalue weighted by Crippen LogP contribution is 2.26. The van der Waals surface area contributed by atoms with E-state index in [9.17, 15) is 14.9 Å². The van der Waals surface area contributed by atoms with E-state index in [0.29, 0.717) is 18.9 Å². The molecular formula is C11H13ClN2O5. The molecule has 1 rings (SSSR count). The lowest BCUT2D eigenvalue weighted by molar-refractivity contribution is -0.384. The number of methoxy groups -OCH3 is 1. The van der Waals surface area contributed by atoms with Crippen molar-refractivity contribution >= 4 is 28.9 Å². The van der Waals surface area contributed by atoms with Crippen LogP contribution in [0.1, 0.15) is 0 Å². The molecule has 1 aromatic rings. The van der Waals surface area contributed by atoms with Crippen LogP contribution in [0.4, 0.5) is 11.4 Å². The normalized spacial score (nSPS) is 10.2. The second-order valence-electron chi connectivity index (χ2n) is 3.51. The number of nitro benzene ring substituents is 1. The third kappa shape index (κ3) is 5.21. The minimum absolute atomic E-state index is 0.0967. The Morgan fingerprint density at radius 2 is 2.21 bits per heavy atom. The van der Waals surface area contributed by atoms with Gasteiger partial charge in [-0.2, -0.15) is 0 Å². The van der Waals surface area contributed by atoms with Crippen molar-refractivity contribution in [1.29, 1.82) is 0 Å². The minimum atomic E-state index is -0.564. The van der Waals surface area contributed by atoms with E-state index in [0.717, 1.165) is 0 Å². The molecule has 0 heterocycles. The first-order valence-electron chi connectivity index (χ1n) is 5.35. The van der Waals surface area contributed by atoms with E-state index in [1.165, 1.54) is 25.3 Å². The standard InChI is InChI=1S/C11H13ClN2O5/c1-18-4-5-19-7-11(15)13-10-3-2-8(14(16)17)6-9(10)12/h2-3,6H,4-5,7H2,1H3,(H,13,15). The molecule has 0 saturated carbocycles. The van der Waals surface area contributed by atoms with Crippen molar-refractivity contribution in [2.75, 3.05) is 32.2 Å². The Hall–Kier alpha value is -1.70. The summed E-state index contributed by atoms with van der Waals surface area (Å²) in [6.07, 6.45) is 0. The fraction of sp³-hybridized carbons (Fsp3) is 0.364. The summed E-state index contributed by atoms with van der Waals surface area (Å²) in [7, 11) is 1.53. The van der Waals surface area contributed by atoms with E-state index in [1.54, 1.807) is 0 Å². The second-order valence-corrected chi connectivity index (χ2v) is 3.92. The van der Waals surface area contributed by atoms with Crippen LogP contribution in [0, 0.1) is 10.1 Å². The SMILES string of the molecule is COCCOCC(=O)Nc1ccc([N+](=O)[O-])cc1Cl. The summed E-state index contributed by atoms with van der Waals surface area (Å²) in [6, 6.07) is 3.80. The Balaban J connectivity index is 2.52. The number of hydrogen-bond acceptors (Lipinski definition) is 5. The van der Waals surface area contributed by atoms with Crippen molar-refractivity contribution in [2.45, 2.75) is 0 Å². The van der Waals surface area contributed by atoms with Gasteiger partial charge in [0.05, 0.1) is 28.8 Å². The van der Waals surface area contributed by atoms with Crippen molar-refractivity contribution in [1.82, 2.24) is 0 Å². The predicted molar refractivity (Wildman–Crippen MR) is 69.4 cm³/mol. The van der Waals surface area contributed by atoms with Gasteiger partial charge in [-0.1, -0.05) is 11.6 Å². The molecule has 0 saturated heterocycles. The van der Waals surface area contributed by atoms with E-state index in [4.69, 9.17) is 21.1 Å². The number of carbonyl (C=O) groups is 1.